The molecule has 11 nitrogen and oxygen atoms in total. The number of methoxy groups -OCH3 is 1. The number of fused-ring (bicyclic) bond motifs is 1. The molecule has 14 heteroatoms. The average molecular weight is 674 g/mol. The van der Waals surface area contributed by atoms with Crippen molar-refractivity contribution in [2.75, 3.05) is 30.9 Å². The SMILES string of the molecule is COCCN(Cc1ccc(-c2cc3nccc(Oc4ccc(NC(=O)C5(C(=O)Nc6ccc(F)cc6)CC5)cc4F)c3s2)nc1)C(=O)O. The second-order valence-electron chi connectivity index (χ2n) is 11.1. The zero-order valence-corrected chi connectivity index (χ0v) is 26.4. The van der Waals surface area contributed by atoms with E-state index < -0.39 is 35.0 Å². The molecule has 1 aliphatic rings. The van der Waals surface area contributed by atoms with Gasteiger partial charge in [-0.3, -0.25) is 19.6 Å². The highest BCUT2D eigenvalue weighted by Crippen LogP contribution is 2.48. The number of nitrogens with one attached hydrogen (secondary N) is 2. The summed E-state index contributed by atoms with van der Waals surface area (Å²) in [6, 6.07) is 16.3. The van der Waals surface area contributed by atoms with E-state index in [1.807, 2.05) is 6.07 Å². The van der Waals surface area contributed by atoms with Crippen LogP contribution in [0.5, 0.6) is 11.5 Å². The van der Waals surface area contributed by atoms with Crippen LogP contribution in [0.4, 0.5) is 25.0 Å². The van der Waals surface area contributed by atoms with Gasteiger partial charge in [-0.15, -0.1) is 11.3 Å². The lowest BCUT2D eigenvalue weighted by atomic mass is 10.0. The smallest absolute Gasteiger partial charge is 0.407 e. The lowest BCUT2D eigenvalue weighted by molar-refractivity contribution is -0.131. The molecular weight excluding hydrogens is 644 g/mol. The van der Waals surface area contributed by atoms with Crippen molar-refractivity contribution in [1.29, 1.82) is 0 Å². The normalized spacial score (nSPS) is 13.1. The number of carbonyl (C=O) groups is 3. The van der Waals surface area contributed by atoms with E-state index in [1.165, 1.54) is 59.7 Å². The van der Waals surface area contributed by atoms with Crippen LogP contribution in [0, 0.1) is 17.0 Å². The number of nitrogens with zero attached hydrogens (tertiary/aromatic N) is 3. The predicted molar refractivity (Wildman–Crippen MR) is 175 cm³/mol. The Balaban J connectivity index is 1.12. The van der Waals surface area contributed by atoms with Gasteiger partial charge in [0.15, 0.2) is 11.6 Å². The fraction of sp³-hybridized carbons (Fsp3) is 0.206. The maximum absolute atomic E-state index is 15.2. The molecule has 0 aliphatic heterocycles. The maximum Gasteiger partial charge on any atom is 0.407 e. The van der Waals surface area contributed by atoms with Crippen LogP contribution in [-0.2, 0) is 20.9 Å². The molecule has 5 aromatic rings. The van der Waals surface area contributed by atoms with Crippen LogP contribution in [0.3, 0.4) is 0 Å². The molecular formula is C34H29F2N5O6S. The zero-order valence-electron chi connectivity index (χ0n) is 25.5. The minimum absolute atomic E-state index is 0.0791. The Morgan fingerprint density at radius 3 is 2.31 bits per heavy atom. The molecule has 0 spiro atoms. The number of hydrogen-bond acceptors (Lipinski definition) is 8. The Morgan fingerprint density at radius 1 is 0.938 bits per heavy atom. The second-order valence-corrected chi connectivity index (χ2v) is 12.2. The summed E-state index contributed by atoms with van der Waals surface area (Å²) >= 11 is 1.36. The molecule has 1 saturated carbocycles. The molecule has 3 heterocycles. The van der Waals surface area contributed by atoms with Gasteiger partial charge in [0.25, 0.3) is 0 Å². The number of carboxylic acid groups (broad SMARTS) is 1. The van der Waals surface area contributed by atoms with Crippen molar-refractivity contribution in [3.8, 4) is 22.1 Å². The molecule has 246 valence electrons. The molecule has 0 radical (unpaired) electrons. The Hall–Kier alpha value is -5.47. The number of amides is 3. The first-order valence-corrected chi connectivity index (χ1v) is 15.6. The van der Waals surface area contributed by atoms with E-state index in [0.29, 0.717) is 40.2 Å². The topological polar surface area (TPSA) is 143 Å². The number of hydrogen-bond donors (Lipinski definition) is 3. The second kappa shape index (κ2) is 13.7. The zero-order chi connectivity index (χ0) is 33.8. The molecule has 0 unspecified atom stereocenters. The van der Waals surface area contributed by atoms with Crippen LogP contribution >= 0.6 is 11.3 Å². The summed E-state index contributed by atoms with van der Waals surface area (Å²) in [7, 11) is 1.51. The number of benzene rings is 2. The van der Waals surface area contributed by atoms with Crippen LogP contribution in [0.15, 0.2) is 79.1 Å². The molecule has 0 saturated heterocycles. The van der Waals surface area contributed by atoms with Crippen molar-refractivity contribution in [3.05, 3.63) is 96.3 Å². The first-order valence-electron chi connectivity index (χ1n) is 14.8. The van der Waals surface area contributed by atoms with Gasteiger partial charge in [-0.2, -0.15) is 0 Å². The van der Waals surface area contributed by atoms with E-state index in [2.05, 4.69) is 20.6 Å². The quantitative estimate of drug-likeness (QED) is 0.121. The number of anilines is 2. The molecule has 48 heavy (non-hydrogen) atoms. The van der Waals surface area contributed by atoms with E-state index in [4.69, 9.17) is 9.47 Å². The van der Waals surface area contributed by atoms with Gasteiger partial charge in [0, 0.05) is 49.6 Å². The van der Waals surface area contributed by atoms with Crippen molar-refractivity contribution in [2.24, 2.45) is 5.41 Å². The molecule has 2 aromatic carbocycles. The number of pyridine rings is 2. The molecule has 3 amide bonds. The number of aromatic nitrogens is 2. The molecule has 6 rings (SSSR count). The van der Waals surface area contributed by atoms with Gasteiger partial charge in [0.05, 0.1) is 33.9 Å². The fourth-order valence-corrected chi connectivity index (χ4v) is 5.99. The van der Waals surface area contributed by atoms with Gasteiger partial charge in [-0.1, -0.05) is 6.07 Å². The maximum atomic E-state index is 15.2. The first kappa shape index (κ1) is 32.5. The van der Waals surface area contributed by atoms with Gasteiger partial charge in [0.2, 0.25) is 11.8 Å². The third kappa shape index (κ3) is 7.09. The van der Waals surface area contributed by atoms with Crippen molar-refractivity contribution < 1.29 is 37.7 Å². The molecule has 1 aliphatic carbocycles. The molecule has 1 fully saturated rings. The van der Waals surface area contributed by atoms with Crippen LogP contribution in [0.2, 0.25) is 0 Å². The summed E-state index contributed by atoms with van der Waals surface area (Å²) < 4.78 is 40.0. The highest BCUT2D eigenvalue weighted by molar-refractivity contribution is 7.22. The van der Waals surface area contributed by atoms with Crippen LogP contribution in [0.25, 0.3) is 20.8 Å². The van der Waals surface area contributed by atoms with Gasteiger partial charge >= 0.3 is 6.09 Å². The molecule has 3 N–H and O–H groups in total. The first-order chi connectivity index (χ1) is 23.1. The van der Waals surface area contributed by atoms with Gasteiger partial charge in [-0.25, -0.2) is 13.6 Å². The number of thiophene rings is 1. The summed E-state index contributed by atoms with van der Waals surface area (Å²) in [5, 5.41) is 14.7. The number of carbonyl (C=O) groups excluding carboxylic acids is 2. The molecule has 0 bridgehead atoms. The van der Waals surface area contributed by atoms with E-state index in [9.17, 15) is 23.9 Å². The Bertz CT molecular complexity index is 1980. The standard InChI is InChI=1S/C34H29F2N5O6S/c1-46-15-14-41(33(44)45)19-20-2-8-25(38-18-20)29-17-26-30(48-29)28(10-13-37-26)47-27-9-7-23(16-24(27)36)40-32(43)34(11-12-34)31(42)39-22-5-3-21(35)4-6-22/h2-10,13,16-18H,11-12,14-15,19H2,1H3,(H,39,42)(H,40,43)(H,44,45). The summed E-state index contributed by atoms with van der Waals surface area (Å²) in [6.45, 7) is 0.679. The molecule has 3 aromatic heterocycles. The summed E-state index contributed by atoms with van der Waals surface area (Å²) in [6.07, 6.45) is 2.77. The molecule has 0 atom stereocenters. The third-order valence-electron chi connectivity index (χ3n) is 7.79. The van der Waals surface area contributed by atoms with Crippen molar-refractivity contribution in [1.82, 2.24) is 14.9 Å². The van der Waals surface area contributed by atoms with E-state index in [0.717, 1.165) is 16.5 Å². The van der Waals surface area contributed by atoms with Gasteiger partial charge < -0.3 is 30.1 Å². The Morgan fingerprint density at radius 2 is 1.67 bits per heavy atom. The average Bonchev–Trinajstić information content (AvgIpc) is 3.78. The largest absolute Gasteiger partial charge is 0.465 e. The summed E-state index contributed by atoms with van der Waals surface area (Å²) in [5.41, 5.74) is 1.21. The third-order valence-corrected chi connectivity index (χ3v) is 8.95. The monoisotopic (exact) mass is 673 g/mol. The summed E-state index contributed by atoms with van der Waals surface area (Å²) in [4.78, 5) is 48.4. The minimum atomic E-state index is -1.29. The Kier molecular flexibility index (Phi) is 9.28. The summed E-state index contributed by atoms with van der Waals surface area (Å²) in [5.74, 6) is -1.97. The highest BCUT2D eigenvalue weighted by Gasteiger charge is 2.56. The predicted octanol–water partition coefficient (Wildman–Crippen LogP) is 6.91. The lowest BCUT2D eigenvalue weighted by Crippen LogP contribution is -2.35. The van der Waals surface area contributed by atoms with Crippen LogP contribution < -0.4 is 15.4 Å². The number of halogens is 2. The van der Waals surface area contributed by atoms with Gasteiger partial charge in [0.1, 0.15) is 17.0 Å². The van der Waals surface area contributed by atoms with Crippen molar-refractivity contribution in [2.45, 2.75) is 19.4 Å². The van der Waals surface area contributed by atoms with Crippen molar-refractivity contribution >= 4 is 50.8 Å². The number of ether oxygens (including phenoxy) is 2. The minimum Gasteiger partial charge on any atom is -0.465 e. The number of rotatable bonds is 12. The lowest BCUT2D eigenvalue weighted by Gasteiger charge is -2.18. The highest BCUT2D eigenvalue weighted by atomic mass is 32.1. The van der Waals surface area contributed by atoms with E-state index >= 15 is 4.39 Å². The van der Waals surface area contributed by atoms with Crippen LogP contribution in [0.1, 0.15) is 18.4 Å². The van der Waals surface area contributed by atoms with Gasteiger partial charge in [-0.05, 0) is 66.9 Å². The van der Waals surface area contributed by atoms with Crippen molar-refractivity contribution in [3.63, 3.8) is 0 Å². The Labute approximate surface area is 277 Å². The van der Waals surface area contributed by atoms with E-state index in [-0.39, 0.29) is 31.1 Å². The fourth-order valence-electron chi connectivity index (χ4n) is 4.95. The van der Waals surface area contributed by atoms with Crippen LogP contribution in [-0.4, -0.2) is 58.1 Å². The van der Waals surface area contributed by atoms with E-state index in [1.54, 1.807) is 30.6 Å².